The van der Waals surface area contributed by atoms with Crippen molar-refractivity contribution in [1.82, 2.24) is 34.8 Å². The Labute approximate surface area is 296 Å². The first-order valence-electron chi connectivity index (χ1n) is 17.7. The number of Topliss-reactive ketones (excluding diaryl/α,β-unsaturated/α-hetero) is 1. The van der Waals surface area contributed by atoms with Gasteiger partial charge in [-0.1, -0.05) is 30.7 Å². The fourth-order valence-electron chi connectivity index (χ4n) is 7.53. The first-order chi connectivity index (χ1) is 25.1. The van der Waals surface area contributed by atoms with Crippen molar-refractivity contribution in [3.63, 3.8) is 0 Å². The molecule has 1 unspecified atom stereocenters. The second-order valence-corrected chi connectivity index (χ2v) is 13.4. The van der Waals surface area contributed by atoms with Crippen LogP contribution in [0.3, 0.4) is 0 Å². The predicted octanol–water partition coefficient (Wildman–Crippen LogP) is 7.65. The molecule has 0 bridgehead atoms. The smallest absolute Gasteiger partial charge is 0.227 e. The Hall–Kier alpha value is -5.90. The molecule has 3 atom stereocenters. The summed E-state index contributed by atoms with van der Waals surface area (Å²) in [6, 6.07) is 23.4. The largest absolute Gasteiger partial charge is 0.457 e. The summed E-state index contributed by atoms with van der Waals surface area (Å²) in [6.07, 6.45) is 16.1. The lowest BCUT2D eigenvalue weighted by Crippen LogP contribution is -2.32. The zero-order chi connectivity index (χ0) is 34.6. The second-order valence-electron chi connectivity index (χ2n) is 13.4. The van der Waals surface area contributed by atoms with Crippen molar-refractivity contribution in [2.45, 2.75) is 56.9 Å². The van der Waals surface area contributed by atoms with E-state index in [-0.39, 0.29) is 29.6 Å². The van der Waals surface area contributed by atoms with E-state index in [9.17, 15) is 9.59 Å². The number of imidazole rings is 2. The Bertz CT molecular complexity index is 2110. The molecular formula is C41H39N7O3. The number of rotatable bonds is 11. The van der Waals surface area contributed by atoms with Crippen molar-refractivity contribution in [2.24, 2.45) is 5.92 Å². The quantitative estimate of drug-likeness (QED) is 0.144. The zero-order valence-electron chi connectivity index (χ0n) is 28.2. The molecule has 1 aliphatic heterocycles. The molecule has 256 valence electrons. The number of aromatic nitrogens is 6. The standard InChI is InChI=1S/C41H39N7O3/c49-38(20-27-6-3-17-42-23-27)33-10-2-11-34(33)40-44-26-36(46-40)30-8-1-9-32(22-30)51-31-15-13-29(14-16-31)35-25-45-41(47-35)37-12-5-19-48(37)39(50)21-28-7-4-18-43-24-28/h1,3-4,6-9,13-18,22-26,33-34,37H,2,5,10-12,19-21H2,(H,44,46)(H,45,47)/t33?,34-,37+/m1/s1. The van der Waals surface area contributed by atoms with E-state index >= 15 is 0 Å². The molecule has 0 spiro atoms. The summed E-state index contributed by atoms with van der Waals surface area (Å²) in [5.74, 6) is 3.49. The average molecular weight is 678 g/mol. The third-order valence-electron chi connectivity index (χ3n) is 10.1. The van der Waals surface area contributed by atoms with Crippen LogP contribution in [0.1, 0.15) is 66.8 Å². The molecular weight excluding hydrogens is 638 g/mol. The SMILES string of the molecule is O=C(Cc1cccnc1)C1CCC[C@H]1c1ncc(-c2cccc(Oc3ccc(-c4cnc([C@@H]5CCCN5C(=O)Cc5cccnc5)[nH]4)cc3)c2)[nH]1. The van der Waals surface area contributed by atoms with Crippen molar-refractivity contribution < 1.29 is 14.3 Å². The maximum absolute atomic E-state index is 13.2. The number of ketones is 1. The summed E-state index contributed by atoms with van der Waals surface area (Å²) in [4.78, 5) is 53.0. The molecule has 4 aromatic heterocycles. The number of amides is 1. The molecule has 51 heavy (non-hydrogen) atoms. The lowest BCUT2D eigenvalue weighted by molar-refractivity contribution is -0.131. The number of nitrogens with one attached hydrogen (secondary N) is 2. The number of hydrogen-bond acceptors (Lipinski definition) is 7. The Morgan fingerprint density at radius 1 is 0.706 bits per heavy atom. The number of nitrogens with zero attached hydrogens (tertiary/aromatic N) is 5. The van der Waals surface area contributed by atoms with Gasteiger partial charge in [0.15, 0.2) is 0 Å². The fourth-order valence-corrected chi connectivity index (χ4v) is 7.53. The lowest BCUT2D eigenvalue weighted by atomic mass is 9.88. The Morgan fingerprint density at radius 3 is 2.20 bits per heavy atom. The van der Waals surface area contributed by atoms with Crippen LogP contribution in [0.15, 0.2) is 110 Å². The number of H-pyrrole nitrogens is 2. The minimum atomic E-state index is -0.0664. The van der Waals surface area contributed by atoms with Gasteiger partial charge < -0.3 is 19.6 Å². The second kappa shape index (κ2) is 14.5. The summed E-state index contributed by atoms with van der Waals surface area (Å²) >= 11 is 0. The first-order valence-corrected chi connectivity index (χ1v) is 17.7. The fraction of sp³-hybridized carbons (Fsp3) is 0.268. The van der Waals surface area contributed by atoms with Crippen LogP contribution >= 0.6 is 0 Å². The molecule has 0 radical (unpaired) electrons. The maximum Gasteiger partial charge on any atom is 0.227 e. The Kier molecular flexibility index (Phi) is 9.20. The van der Waals surface area contributed by atoms with Crippen molar-refractivity contribution in [2.75, 3.05) is 6.54 Å². The van der Waals surface area contributed by atoms with E-state index in [0.717, 1.165) is 83.9 Å². The predicted molar refractivity (Wildman–Crippen MR) is 193 cm³/mol. The minimum Gasteiger partial charge on any atom is -0.457 e. The van der Waals surface area contributed by atoms with Gasteiger partial charge in [-0.2, -0.15) is 0 Å². The highest BCUT2D eigenvalue weighted by Crippen LogP contribution is 2.40. The van der Waals surface area contributed by atoms with Crippen LogP contribution in [0.2, 0.25) is 0 Å². The van der Waals surface area contributed by atoms with Crippen molar-refractivity contribution in [3.05, 3.63) is 133 Å². The van der Waals surface area contributed by atoms with E-state index in [0.29, 0.717) is 24.3 Å². The highest BCUT2D eigenvalue weighted by Gasteiger charge is 2.36. The molecule has 10 heteroatoms. The van der Waals surface area contributed by atoms with Gasteiger partial charge in [-0.05, 0) is 90.9 Å². The summed E-state index contributed by atoms with van der Waals surface area (Å²) in [6.45, 7) is 0.726. The van der Waals surface area contributed by atoms with Crippen LogP contribution in [0.5, 0.6) is 11.5 Å². The van der Waals surface area contributed by atoms with E-state index < -0.39 is 0 Å². The molecule has 2 aromatic carbocycles. The van der Waals surface area contributed by atoms with Crippen LogP contribution in [0.4, 0.5) is 0 Å². The molecule has 1 saturated heterocycles. The number of aromatic amines is 2. The van der Waals surface area contributed by atoms with Gasteiger partial charge in [0.25, 0.3) is 0 Å². The van der Waals surface area contributed by atoms with Gasteiger partial charge in [0, 0.05) is 55.2 Å². The maximum atomic E-state index is 13.2. The molecule has 6 aromatic rings. The average Bonchev–Trinajstić information content (AvgIpc) is 3.99. The van der Waals surface area contributed by atoms with Gasteiger partial charge in [-0.3, -0.25) is 19.6 Å². The number of benzene rings is 2. The van der Waals surface area contributed by atoms with E-state index in [1.807, 2.05) is 90.1 Å². The van der Waals surface area contributed by atoms with Gasteiger partial charge in [-0.15, -0.1) is 0 Å². The number of carbonyl (C=O) groups excluding carboxylic acids is 2. The van der Waals surface area contributed by atoms with Crippen molar-refractivity contribution in [3.8, 4) is 34.0 Å². The number of hydrogen-bond donors (Lipinski definition) is 2. The van der Waals surface area contributed by atoms with E-state index in [4.69, 9.17) is 9.72 Å². The molecule has 2 N–H and O–H groups in total. The monoisotopic (exact) mass is 677 g/mol. The van der Waals surface area contributed by atoms with Crippen LogP contribution in [0.25, 0.3) is 22.5 Å². The summed E-state index contributed by atoms with van der Waals surface area (Å²) in [5, 5.41) is 0. The lowest BCUT2D eigenvalue weighted by Gasteiger charge is -2.23. The van der Waals surface area contributed by atoms with Gasteiger partial charge in [0.1, 0.15) is 28.9 Å². The highest BCUT2D eigenvalue weighted by molar-refractivity contribution is 5.84. The molecule has 1 saturated carbocycles. The highest BCUT2D eigenvalue weighted by atomic mass is 16.5. The van der Waals surface area contributed by atoms with E-state index in [2.05, 4.69) is 24.9 Å². The molecule has 2 fully saturated rings. The first kappa shape index (κ1) is 32.3. The van der Waals surface area contributed by atoms with Gasteiger partial charge in [0.2, 0.25) is 5.91 Å². The molecule has 2 aliphatic rings. The molecule has 10 nitrogen and oxygen atoms in total. The number of pyridine rings is 2. The molecule has 1 aliphatic carbocycles. The zero-order valence-corrected chi connectivity index (χ0v) is 28.2. The third kappa shape index (κ3) is 7.21. The van der Waals surface area contributed by atoms with Crippen molar-refractivity contribution in [1.29, 1.82) is 0 Å². The molecule has 5 heterocycles. The van der Waals surface area contributed by atoms with Crippen LogP contribution in [-0.2, 0) is 22.4 Å². The third-order valence-corrected chi connectivity index (χ3v) is 10.1. The van der Waals surface area contributed by atoms with Gasteiger partial charge in [0.05, 0.1) is 36.2 Å². The topological polar surface area (TPSA) is 130 Å². The molecule has 1 amide bonds. The summed E-state index contributed by atoms with van der Waals surface area (Å²) < 4.78 is 6.26. The number of carbonyl (C=O) groups is 2. The Morgan fingerprint density at radius 2 is 1.43 bits per heavy atom. The summed E-state index contributed by atoms with van der Waals surface area (Å²) in [7, 11) is 0. The van der Waals surface area contributed by atoms with E-state index in [1.54, 1.807) is 24.8 Å². The van der Waals surface area contributed by atoms with Crippen molar-refractivity contribution >= 4 is 11.7 Å². The van der Waals surface area contributed by atoms with Crippen LogP contribution in [0, 0.1) is 5.92 Å². The van der Waals surface area contributed by atoms with Gasteiger partial charge in [-0.25, -0.2) is 9.97 Å². The number of ether oxygens (including phenoxy) is 1. The Balaban J connectivity index is 0.905. The molecule has 8 rings (SSSR count). The van der Waals surface area contributed by atoms with Gasteiger partial charge >= 0.3 is 0 Å². The van der Waals surface area contributed by atoms with Crippen LogP contribution in [-0.4, -0.2) is 53.0 Å². The van der Waals surface area contributed by atoms with Crippen LogP contribution < -0.4 is 4.74 Å². The normalized spacial score (nSPS) is 18.6. The minimum absolute atomic E-state index is 0.0420. The van der Waals surface area contributed by atoms with E-state index in [1.165, 1.54) is 0 Å². The summed E-state index contributed by atoms with van der Waals surface area (Å²) in [5.41, 5.74) is 5.60. The number of likely N-dealkylation sites (tertiary alicyclic amines) is 1.